The van der Waals surface area contributed by atoms with E-state index < -0.39 is 5.79 Å². The zero-order chi connectivity index (χ0) is 36.3. The van der Waals surface area contributed by atoms with E-state index in [0.717, 1.165) is 78.7 Å². The summed E-state index contributed by atoms with van der Waals surface area (Å²) < 4.78 is 20.5. The number of oxime groups is 1. The van der Waals surface area contributed by atoms with Crippen LogP contribution in [0.1, 0.15) is 79.3 Å². The van der Waals surface area contributed by atoms with E-state index in [4.69, 9.17) is 24.2 Å². The van der Waals surface area contributed by atoms with E-state index >= 15 is 0 Å². The zero-order valence-corrected chi connectivity index (χ0v) is 30.8. The van der Waals surface area contributed by atoms with Crippen molar-refractivity contribution in [2.75, 3.05) is 25.6 Å². The Morgan fingerprint density at radius 1 is 0.981 bits per heavy atom. The van der Waals surface area contributed by atoms with Gasteiger partial charge in [-0.25, -0.2) is 0 Å². The highest BCUT2D eigenvalue weighted by Gasteiger charge is 2.63. The molecular weight excluding hydrogens is 675 g/mol. The molecule has 3 aromatic rings. The fourth-order valence-electron chi connectivity index (χ4n) is 8.29. The standard InChI is InChI=1S/C43H51NO7S/c1-3-23-48-43-40(52-4-2)27-38(44-49-29-30-13-6-5-7-14-30)36-25-32(16-8-10-21-45)35(18-9-11-22-46)41(42(36)43)37-26-34(19-20-39(37)51-43)50-33-17-12-15-31(24-33)28-47/h3,5-7,12-15,17,19-20,24-26,28,32,35,40-42,45-46H,1,4,8-11,16,18,21-23,27,29H2,2H3. The fraction of sp³-hybridized carbons (Fsp3) is 0.442. The lowest BCUT2D eigenvalue weighted by Gasteiger charge is -2.58. The first-order chi connectivity index (χ1) is 25.5. The van der Waals surface area contributed by atoms with Crippen LogP contribution in [-0.2, 0) is 16.2 Å². The minimum Gasteiger partial charge on any atom is -0.460 e. The van der Waals surface area contributed by atoms with Gasteiger partial charge in [0.2, 0.25) is 5.79 Å². The summed E-state index contributed by atoms with van der Waals surface area (Å²) in [7, 11) is 0. The Morgan fingerprint density at radius 3 is 2.52 bits per heavy atom. The van der Waals surface area contributed by atoms with Gasteiger partial charge in [-0.15, -0.1) is 6.58 Å². The first kappa shape index (κ1) is 37.9. The van der Waals surface area contributed by atoms with E-state index in [0.29, 0.717) is 36.7 Å². The third-order valence-corrected chi connectivity index (χ3v) is 11.7. The number of rotatable bonds is 19. The maximum atomic E-state index is 11.5. The van der Waals surface area contributed by atoms with Crippen molar-refractivity contribution < 1.29 is 34.1 Å². The maximum absolute atomic E-state index is 11.5. The summed E-state index contributed by atoms with van der Waals surface area (Å²) in [5, 5.41) is 24.4. The predicted molar refractivity (Wildman–Crippen MR) is 206 cm³/mol. The summed E-state index contributed by atoms with van der Waals surface area (Å²) in [6, 6.07) is 23.2. The molecule has 276 valence electrons. The molecule has 52 heavy (non-hydrogen) atoms. The van der Waals surface area contributed by atoms with Crippen molar-refractivity contribution in [1.82, 2.24) is 0 Å². The second-order valence-electron chi connectivity index (χ2n) is 13.8. The lowest BCUT2D eigenvalue weighted by Crippen LogP contribution is -2.64. The number of nitrogens with zero attached hydrogens (tertiary/aromatic N) is 1. The van der Waals surface area contributed by atoms with Crippen molar-refractivity contribution in [1.29, 1.82) is 0 Å². The molecule has 0 amide bonds. The van der Waals surface area contributed by atoms with E-state index in [1.165, 1.54) is 0 Å². The van der Waals surface area contributed by atoms with Crippen LogP contribution >= 0.6 is 11.8 Å². The highest BCUT2D eigenvalue weighted by Crippen LogP contribution is 2.62. The summed E-state index contributed by atoms with van der Waals surface area (Å²) in [6.45, 7) is 7.16. The van der Waals surface area contributed by atoms with Crippen LogP contribution in [0.4, 0.5) is 0 Å². The van der Waals surface area contributed by atoms with E-state index in [1.54, 1.807) is 18.2 Å². The van der Waals surface area contributed by atoms with Gasteiger partial charge < -0.3 is 29.3 Å². The Morgan fingerprint density at radius 2 is 1.77 bits per heavy atom. The number of aldehydes is 1. The van der Waals surface area contributed by atoms with Crippen molar-refractivity contribution >= 4 is 23.8 Å². The summed E-state index contributed by atoms with van der Waals surface area (Å²) in [6.07, 6.45) is 10.7. The number of carbonyl (C=O) groups excluding carboxylic acids is 1. The van der Waals surface area contributed by atoms with E-state index in [1.807, 2.05) is 66.4 Å². The fourth-order valence-corrected chi connectivity index (χ4v) is 9.46. The van der Waals surface area contributed by atoms with Crippen LogP contribution in [0.15, 0.2) is 102 Å². The normalized spacial score (nSPS) is 25.3. The smallest absolute Gasteiger partial charge is 0.230 e. The molecule has 0 spiro atoms. The largest absolute Gasteiger partial charge is 0.460 e. The quantitative estimate of drug-likeness (QED) is 0.0547. The van der Waals surface area contributed by atoms with Gasteiger partial charge in [0.05, 0.1) is 23.5 Å². The zero-order valence-electron chi connectivity index (χ0n) is 30.0. The predicted octanol–water partition coefficient (Wildman–Crippen LogP) is 8.88. The van der Waals surface area contributed by atoms with Gasteiger partial charge in [0.1, 0.15) is 30.1 Å². The molecule has 6 unspecified atom stereocenters. The Balaban J connectivity index is 1.50. The molecule has 9 heteroatoms. The van der Waals surface area contributed by atoms with E-state index in [2.05, 4.69) is 25.6 Å². The number of benzene rings is 3. The molecule has 0 radical (unpaired) electrons. The second-order valence-corrected chi connectivity index (χ2v) is 15.2. The van der Waals surface area contributed by atoms with Gasteiger partial charge in [-0.3, -0.25) is 4.79 Å². The van der Waals surface area contributed by atoms with Crippen molar-refractivity contribution in [2.45, 2.75) is 75.4 Å². The molecule has 3 aliphatic rings. The van der Waals surface area contributed by atoms with Crippen LogP contribution in [0.2, 0.25) is 0 Å². The average Bonchev–Trinajstić information content (AvgIpc) is 3.17. The molecule has 6 rings (SSSR count). The third kappa shape index (κ3) is 8.33. The van der Waals surface area contributed by atoms with Gasteiger partial charge in [-0.05, 0) is 84.7 Å². The van der Waals surface area contributed by atoms with Crippen LogP contribution in [0.3, 0.4) is 0 Å². The number of allylic oxidation sites excluding steroid dienone is 1. The summed E-state index contributed by atoms with van der Waals surface area (Å²) >= 11 is 1.82. The lowest BCUT2D eigenvalue weighted by molar-refractivity contribution is -0.223. The summed E-state index contributed by atoms with van der Waals surface area (Å²) in [5.41, 5.74) is 4.65. The number of ether oxygens (including phenoxy) is 3. The molecule has 6 atom stereocenters. The highest BCUT2D eigenvalue weighted by molar-refractivity contribution is 8.00. The first-order valence-electron chi connectivity index (χ1n) is 18.6. The molecule has 8 nitrogen and oxygen atoms in total. The SMILES string of the molecule is C=CCOC12Oc3ccc(Oc4cccc(C=O)c4)cc3C3C(CCCCO)C(CCCCO)C=C(C(=NOCc4ccccc4)CC1SCC)C32. The topological polar surface area (TPSA) is 107 Å². The van der Waals surface area contributed by atoms with Crippen molar-refractivity contribution in [3.8, 4) is 17.2 Å². The van der Waals surface area contributed by atoms with Crippen molar-refractivity contribution in [3.05, 3.63) is 114 Å². The van der Waals surface area contributed by atoms with Crippen molar-refractivity contribution in [2.24, 2.45) is 22.9 Å². The number of aliphatic hydroxyl groups is 2. The summed E-state index contributed by atoms with van der Waals surface area (Å²) in [4.78, 5) is 17.6. The monoisotopic (exact) mass is 725 g/mol. The van der Waals surface area contributed by atoms with Crippen LogP contribution < -0.4 is 9.47 Å². The molecule has 0 bridgehead atoms. The Kier molecular flexibility index (Phi) is 13.3. The highest BCUT2D eigenvalue weighted by atomic mass is 32.2. The number of hydrogen-bond acceptors (Lipinski definition) is 9. The number of fused-ring (bicyclic) bond motifs is 2. The number of unbranched alkanes of at least 4 members (excludes halogenated alkanes) is 2. The minimum absolute atomic E-state index is 0.0316. The van der Waals surface area contributed by atoms with Gasteiger partial charge in [0.25, 0.3) is 0 Å². The molecular formula is C43H51NO7S. The average molecular weight is 726 g/mol. The van der Waals surface area contributed by atoms with Crippen LogP contribution in [0.5, 0.6) is 17.2 Å². The maximum Gasteiger partial charge on any atom is 0.230 e. The molecule has 1 fully saturated rings. The second kappa shape index (κ2) is 18.2. The third-order valence-electron chi connectivity index (χ3n) is 10.5. The van der Waals surface area contributed by atoms with E-state index in [9.17, 15) is 15.0 Å². The molecule has 1 saturated carbocycles. The molecule has 1 aliphatic heterocycles. The van der Waals surface area contributed by atoms with Gasteiger partial charge in [0.15, 0.2) is 0 Å². The van der Waals surface area contributed by atoms with Crippen LogP contribution in [0.25, 0.3) is 0 Å². The Labute approximate surface area is 311 Å². The van der Waals surface area contributed by atoms with Crippen molar-refractivity contribution in [3.63, 3.8) is 0 Å². The molecule has 0 saturated heterocycles. The molecule has 0 aromatic heterocycles. The molecule has 1 heterocycles. The van der Waals surface area contributed by atoms with Gasteiger partial charge >= 0.3 is 0 Å². The Hall–Kier alpha value is -3.89. The molecule has 3 aromatic carbocycles. The minimum atomic E-state index is -0.997. The van der Waals surface area contributed by atoms with E-state index in [-0.39, 0.29) is 42.1 Å². The number of hydrogen-bond donors (Lipinski definition) is 2. The van der Waals surface area contributed by atoms with Crippen LogP contribution in [0, 0.1) is 17.8 Å². The number of thioether (sulfide) groups is 1. The number of carbonyl (C=O) groups is 1. The lowest BCUT2D eigenvalue weighted by atomic mass is 9.56. The first-order valence-corrected chi connectivity index (χ1v) is 19.7. The van der Waals surface area contributed by atoms with Gasteiger partial charge in [-0.1, -0.05) is 79.5 Å². The molecule has 2 aliphatic carbocycles. The molecule has 2 N–H and O–H groups in total. The van der Waals surface area contributed by atoms with Crippen LogP contribution in [-0.4, -0.2) is 58.8 Å². The van der Waals surface area contributed by atoms with Gasteiger partial charge in [-0.2, -0.15) is 11.8 Å². The summed E-state index contributed by atoms with van der Waals surface area (Å²) in [5.74, 6) is 2.01. The van der Waals surface area contributed by atoms with Gasteiger partial charge in [0, 0.05) is 36.7 Å². The Bertz CT molecular complexity index is 1710. The number of aliphatic hydroxyl groups excluding tert-OH is 2.